The van der Waals surface area contributed by atoms with Crippen LogP contribution in [0.25, 0.3) is 11.0 Å². The van der Waals surface area contributed by atoms with Crippen molar-refractivity contribution in [2.45, 2.75) is 83.5 Å². The molecule has 1 saturated heterocycles. The van der Waals surface area contributed by atoms with Gasteiger partial charge in [0.1, 0.15) is 18.1 Å². The predicted octanol–water partition coefficient (Wildman–Crippen LogP) is 6.60. The Morgan fingerprint density at radius 2 is 1.95 bits per heavy atom. The number of halogens is 1. The lowest BCUT2D eigenvalue weighted by Crippen LogP contribution is -2.57. The van der Waals surface area contributed by atoms with Crippen molar-refractivity contribution in [3.8, 4) is 0 Å². The molecule has 1 aliphatic rings. The minimum atomic E-state index is -2.02. The van der Waals surface area contributed by atoms with Crippen LogP contribution in [0.3, 0.4) is 0 Å². The molecule has 1 aromatic carbocycles. The van der Waals surface area contributed by atoms with Gasteiger partial charge >= 0.3 is 6.09 Å². The van der Waals surface area contributed by atoms with E-state index in [0.717, 1.165) is 23.8 Å². The first-order chi connectivity index (χ1) is 17.4. The highest BCUT2D eigenvalue weighted by Gasteiger charge is 2.43. The molecule has 37 heavy (non-hydrogen) atoms. The second kappa shape index (κ2) is 11.0. The van der Waals surface area contributed by atoms with Crippen LogP contribution in [0.1, 0.15) is 46.1 Å². The van der Waals surface area contributed by atoms with Crippen molar-refractivity contribution in [2.75, 3.05) is 11.9 Å². The Hall–Kier alpha value is -2.62. The van der Waals surface area contributed by atoms with E-state index < -0.39 is 8.32 Å². The molecule has 2 N–H and O–H groups in total. The Bertz CT molecular complexity index is 1210. The maximum absolute atomic E-state index is 13.5. The number of carbonyl (C=O) groups excluding carboxylic acids is 1. The van der Waals surface area contributed by atoms with Crippen LogP contribution in [0.15, 0.2) is 42.6 Å². The molecular weight excluding hydrogens is 506 g/mol. The summed E-state index contributed by atoms with van der Waals surface area (Å²) in [5, 5.41) is 4.61. The number of aromatic amines is 1. The predicted molar refractivity (Wildman–Crippen MR) is 150 cm³/mol. The number of aromatic nitrogens is 3. The Morgan fingerprint density at radius 3 is 2.65 bits per heavy atom. The summed E-state index contributed by atoms with van der Waals surface area (Å²) in [6, 6.07) is 11.5. The standard InChI is InChI=1S/C27H38ClN5O3Si/c1-18(36-37(5,6)27(2,3)4)22-13-12-20(30-24-21-14-15-29-23(21)31-25(28)32-24)16-33(22)26(34)35-17-19-10-8-7-9-11-19/h7-11,14-15,18,20,22H,12-13,16-17H2,1-6H3,(H2,29,30,31,32)/t18-,20+,22+/m0/s1. The third-order valence-corrected chi connectivity index (χ3v) is 12.4. The lowest BCUT2D eigenvalue weighted by atomic mass is 9.95. The van der Waals surface area contributed by atoms with Gasteiger partial charge in [0.15, 0.2) is 8.32 Å². The summed E-state index contributed by atoms with van der Waals surface area (Å²) in [5.41, 5.74) is 1.63. The van der Waals surface area contributed by atoms with Crippen LogP contribution in [0.2, 0.25) is 23.4 Å². The van der Waals surface area contributed by atoms with Gasteiger partial charge in [0, 0.05) is 18.8 Å². The number of H-pyrrole nitrogens is 1. The van der Waals surface area contributed by atoms with Crippen LogP contribution in [0.5, 0.6) is 0 Å². The number of carbonyl (C=O) groups is 1. The molecule has 10 heteroatoms. The number of likely N-dealkylation sites (tertiary alicyclic amines) is 1. The molecule has 200 valence electrons. The summed E-state index contributed by atoms with van der Waals surface area (Å²) in [5.74, 6) is 0.655. The number of nitrogens with one attached hydrogen (secondary N) is 2. The smallest absolute Gasteiger partial charge is 0.410 e. The number of amides is 1. The number of hydrogen-bond donors (Lipinski definition) is 2. The average Bonchev–Trinajstić information content (AvgIpc) is 3.31. The summed E-state index contributed by atoms with van der Waals surface area (Å²) in [6.07, 6.45) is 2.99. The first-order valence-corrected chi connectivity index (χ1v) is 16.2. The summed E-state index contributed by atoms with van der Waals surface area (Å²) >= 11 is 6.16. The molecule has 3 aromatic rings. The number of hydrogen-bond acceptors (Lipinski definition) is 6. The summed E-state index contributed by atoms with van der Waals surface area (Å²) < 4.78 is 12.5. The van der Waals surface area contributed by atoms with E-state index in [4.69, 9.17) is 20.8 Å². The molecule has 0 aliphatic carbocycles. The first kappa shape index (κ1) is 27.4. The van der Waals surface area contributed by atoms with Crippen molar-refractivity contribution in [2.24, 2.45) is 0 Å². The van der Waals surface area contributed by atoms with Gasteiger partial charge in [-0.15, -0.1) is 0 Å². The van der Waals surface area contributed by atoms with E-state index in [9.17, 15) is 4.79 Å². The van der Waals surface area contributed by atoms with Crippen molar-refractivity contribution in [3.05, 3.63) is 53.4 Å². The van der Waals surface area contributed by atoms with E-state index in [1.54, 1.807) is 0 Å². The van der Waals surface area contributed by atoms with Gasteiger partial charge in [-0.1, -0.05) is 51.1 Å². The van der Waals surface area contributed by atoms with E-state index in [1.165, 1.54) is 0 Å². The molecule has 1 aliphatic heterocycles. The number of ether oxygens (including phenoxy) is 1. The van der Waals surface area contributed by atoms with Gasteiger partial charge in [0.2, 0.25) is 5.28 Å². The van der Waals surface area contributed by atoms with Crippen LogP contribution < -0.4 is 5.32 Å². The van der Waals surface area contributed by atoms with Gasteiger partial charge < -0.3 is 24.4 Å². The third-order valence-electron chi connectivity index (χ3n) is 7.63. The molecule has 2 aromatic heterocycles. The number of anilines is 1. The van der Waals surface area contributed by atoms with Crippen LogP contribution >= 0.6 is 11.6 Å². The molecule has 1 fully saturated rings. The molecule has 0 bridgehead atoms. The average molecular weight is 544 g/mol. The number of benzene rings is 1. The fourth-order valence-corrected chi connectivity index (χ4v) is 6.16. The van der Waals surface area contributed by atoms with Crippen molar-refractivity contribution in [3.63, 3.8) is 0 Å². The molecule has 0 spiro atoms. The molecule has 4 rings (SSSR count). The van der Waals surface area contributed by atoms with Gasteiger partial charge in [-0.25, -0.2) is 9.78 Å². The van der Waals surface area contributed by atoms with Crippen LogP contribution in [-0.2, 0) is 15.8 Å². The molecule has 1 amide bonds. The number of rotatable bonds is 7. The largest absolute Gasteiger partial charge is 0.445 e. The van der Waals surface area contributed by atoms with Crippen molar-refractivity contribution >= 4 is 42.9 Å². The summed E-state index contributed by atoms with van der Waals surface area (Å²) in [6.45, 7) is 14.0. The van der Waals surface area contributed by atoms with E-state index in [2.05, 4.69) is 61.1 Å². The normalized spacial score (nSPS) is 19.6. The van der Waals surface area contributed by atoms with Gasteiger partial charge in [0.25, 0.3) is 0 Å². The topological polar surface area (TPSA) is 92.4 Å². The maximum Gasteiger partial charge on any atom is 0.410 e. The number of piperidine rings is 1. The molecule has 0 radical (unpaired) electrons. The van der Waals surface area contributed by atoms with E-state index in [-0.39, 0.29) is 41.2 Å². The van der Waals surface area contributed by atoms with Crippen LogP contribution in [-0.4, -0.2) is 59.0 Å². The van der Waals surface area contributed by atoms with Gasteiger partial charge in [-0.3, -0.25) is 0 Å². The maximum atomic E-state index is 13.5. The van der Waals surface area contributed by atoms with Crippen molar-refractivity contribution < 1.29 is 14.0 Å². The van der Waals surface area contributed by atoms with Crippen LogP contribution in [0.4, 0.5) is 10.6 Å². The Kier molecular flexibility index (Phi) is 8.16. The van der Waals surface area contributed by atoms with Gasteiger partial charge in [-0.05, 0) is 61.1 Å². The summed E-state index contributed by atoms with van der Waals surface area (Å²) in [7, 11) is -2.02. The zero-order chi connectivity index (χ0) is 26.8. The van der Waals surface area contributed by atoms with Crippen molar-refractivity contribution in [1.29, 1.82) is 0 Å². The minimum absolute atomic E-state index is 0.0235. The molecule has 3 atom stereocenters. The second-order valence-corrected chi connectivity index (χ2v) is 16.4. The lowest BCUT2D eigenvalue weighted by molar-refractivity contribution is 0.0228. The van der Waals surface area contributed by atoms with E-state index in [0.29, 0.717) is 18.0 Å². The third kappa shape index (κ3) is 6.45. The van der Waals surface area contributed by atoms with E-state index >= 15 is 0 Å². The van der Waals surface area contributed by atoms with Crippen molar-refractivity contribution in [1.82, 2.24) is 19.9 Å². The van der Waals surface area contributed by atoms with Crippen LogP contribution in [0, 0.1) is 0 Å². The zero-order valence-electron chi connectivity index (χ0n) is 22.5. The minimum Gasteiger partial charge on any atom is -0.445 e. The number of nitrogens with zero attached hydrogens (tertiary/aromatic N) is 3. The number of fused-ring (bicyclic) bond motifs is 1. The molecule has 0 unspecified atom stereocenters. The molecule has 8 nitrogen and oxygen atoms in total. The monoisotopic (exact) mass is 543 g/mol. The Balaban J connectivity index is 1.53. The summed E-state index contributed by atoms with van der Waals surface area (Å²) in [4.78, 5) is 27.0. The molecule has 3 heterocycles. The fourth-order valence-electron chi connectivity index (χ4n) is 4.55. The lowest BCUT2D eigenvalue weighted by Gasteiger charge is -2.45. The fraction of sp³-hybridized carbons (Fsp3) is 0.519. The molecular formula is C27H38ClN5O3Si. The van der Waals surface area contributed by atoms with E-state index in [1.807, 2.05) is 47.5 Å². The van der Waals surface area contributed by atoms with Gasteiger partial charge in [-0.2, -0.15) is 4.98 Å². The van der Waals surface area contributed by atoms with Gasteiger partial charge in [0.05, 0.1) is 17.5 Å². The second-order valence-electron chi connectivity index (χ2n) is 11.3. The Morgan fingerprint density at radius 1 is 1.22 bits per heavy atom. The highest BCUT2D eigenvalue weighted by atomic mass is 35.5. The zero-order valence-corrected chi connectivity index (χ0v) is 24.3. The first-order valence-electron chi connectivity index (χ1n) is 12.9. The highest BCUT2D eigenvalue weighted by molar-refractivity contribution is 6.74. The Labute approximate surface area is 225 Å². The SMILES string of the molecule is C[C@H](O[Si](C)(C)C(C)(C)C)[C@H]1CC[C@@H](Nc2nc(Cl)nc3[nH]ccc23)CN1C(=O)OCc1ccccc1. The highest BCUT2D eigenvalue weighted by Crippen LogP contribution is 2.39. The quantitative estimate of drug-likeness (QED) is 0.257. The molecule has 0 saturated carbocycles.